The van der Waals surface area contributed by atoms with Crippen LogP contribution in [0.2, 0.25) is 0 Å². The van der Waals surface area contributed by atoms with E-state index in [1.165, 1.54) is 53.9 Å². The van der Waals surface area contributed by atoms with Crippen molar-refractivity contribution in [3.05, 3.63) is 65.7 Å². The summed E-state index contributed by atoms with van der Waals surface area (Å²) in [6, 6.07) is 20.0. The molecule has 0 aliphatic heterocycles. The Bertz CT molecular complexity index is 655. The van der Waals surface area contributed by atoms with E-state index >= 15 is 0 Å². The Morgan fingerprint density at radius 3 is 2.25 bits per heavy atom. The molecule has 0 radical (unpaired) electrons. The first-order chi connectivity index (χ1) is 11.6. The minimum atomic E-state index is 0.264. The molecule has 1 fully saturated rings. The van der Waals surface area contributed by atoms with Gasteiger partial charge in [-0.1, -0.05) is 75.2 Å². The van der Waals surface area contributed by atoms with Crippen molar-refractivity contribution in [3.8, 4) is 0 Å². The van der Waals surface area contributed by atoms with Crippen molar-refractivity contribution in [1.82, 2.24) is 0 Å². The molecule has 1 aliphatic rings. The van der Waals surface area contributed by atoms with E-state index < -0.39 is 0 Å². The van der Waals surface area contributed by atoms with Crippen LogP contribution in [0.3, 0.4) is 0 Å². The molecule has 0 unspecified atom stereocenters. The average molecular weight is 339 g/mol. The van der Waals surface area contributed by atoms with Crippen molar-refractivity contribution in [2.24, 2.45) is 5.41 Å². The van der Waals surface area contributed by atoms with Crippen molar-refractivity contribution < 1.29 is 0 Å². The van der Waals surface area contributed by atoms with Crippen LogP contribution in [0.1, 0.15) is 57.1 Å². The smallest absolute Gasteiger partial charge is 0.0101 e. The number of rotatable bonds is 6. The Hall–Kier alpha value is -1.21. The molecule has 1 saturated carbocycles. The van der Waals surface area contributed by atoms with E-state index in [0.29, 0.717) is 5.41 Å². The summed E-state index contributed by atoms with van der Waals surface area (Å²) < 4.78 is 0. The lowest BCUT2D eigenvalue weighted by Gasteiger charge is -2.45. The maximum atomic E-state index is 2.53. The summed E-state index contributed by atoms with van der Waals surface area (Å²) in [7, 11) is 0. The topological polar surface area (TPSA) is 0 Å². The fourth-order valence-electron chi connectivity index (χ4n) is 4.39. The number of thioether (sulfide) groups is 1. The van der Waals surface area contributed by atoms with Crippen molar-refractivity contribution in [3.63, 3.8) is 0 Å². The van der Waals surface area contributed by atoms with Gasteiger partial charge in [-0.15, -0.1) is 11.8 Å². The minimum Gasteiger partial charge on any atom is -0.126 e. The molecular weight excluding hydrogens is 308 g/mol. The third kappa shape index (κ3) is 3.42. The molecule has 2 aromatic carbocycles. The molecule has 1 aliphatic carbocycles. The molecule has 128 valence electrons. The monoisotopic (exact) mass is 338 g/mol. The predicted octanol–water partition coefficient (Wildman–Crippen LogP) is 7.02. The van der Waals surface area contributed by atoms with Gasteiger partial charge in [0.15, 0.2) is 0 Å². The summed E-state index contributed by atoms with van der Waals surface area (Å²) in [6.07, 6.45) is 6.76. The Balaban J connectivity index is 1.80. The van der Waals surface area contributed by atoms with Crippen LogP contribution in [0.4, 0.5) is 0 Å². The van der Waals surface area contributed by atoms with Gasteiger partial charge in [0.25, 0.3) is 0 Å². The molecule has 0 heterocycles. The van der Waals surface area contributed by atoms with E-state index in [-0.39, 0.29) is 5.41 Å². The Morgan fingerprint density at radius 2 is 1.58 bits per heavy atom. The van der Waals surface area contributed by atoms with Crippen molar-refractivity contribution in [2.75, 3.05) is 5.75 Å². The molecule has 0 nitrogen and oxygen atoms in total. The highest BCUT2D eigenvalue weighted by Gasteiger charge is 2.46. The molecule has 0 saturated heterocycles. The van der Waals surface area contributed by atoms with Gasteiger partial charge >= 0.3 is 0 Å². The van der Waals surface area contributed by atoms with Crippen LogP contribution in [-0.2, 0) is 5.41 Å². The van der Waals surface area contributed by atoms with Gasteiger partial charge in [-0.2, -0.15) is 0 Å². The summed E-state index contributed by atoms with van der Waals surface area (Å²) in [5.41, 5.74) is 3.62. The second kappa shape index (κ2) is 7.35. The van der Waals surface area contributed by atoms with Crippen LogP contribution >= 0.6 is 11.8 Å². The third-order valence-electron chi connectivity index (χ3n) is 6.40. The number of hydrogen-bond donors (Lipinski definition) is 0. The van der Waals surface area contributed by atoms with Crippen molar-refractivity contribution in [2.45, 2.75) is 63.2 Å². The first kappa shape index (κ1) is 17.6. The molecule has 0 spiro atoms. The first-order valence-electron chi connectivity index (χ1n) is 9.29. The lowest BCUT2D eigenvalue weighted by molar-refractivity contribution is 0.155. The molecule has 1 heteroatoms. The van der Waals surface area contributed by atoms with Gasteiger partial charge in [-0.05, 0) is 60.0 Å². The average Bonchev–Trinajstić information content (AvgIpc) is 3.05. The van der Waals surface area contributed by atoms with Crippen LogP contribution in [0.25, 0.3) is 0 Å². The van der Waals surface area contributed by atoms with E-state index in [0.717, 1.165) is 0 Å². The standard InChI is InChI=1S/C23H30S/c1-19-11-7-8-14-21(19)24-18-17-23(3,20-12-5-4-6-13-20)22(2)15-9-10-16-22/h4-8,11-14H,9-10,15-18H2,1-3H3/t23-/m1/s1. The van der Waals surface area contributed by atoms with E-state index in [1.54, 1.807) is 0 Å². The Morgan fingerprint density at radius 1 is 0.958 bits per heavy atom. The van der Waals surface area contributed by atoms with Gasteiger partial charge < -0.3 is 0 Å². The normalized spacial score (nSPS) is 19.1. The predicted molar refractivity (Wildman–Crippen MR) is 107 cm³/mol. The quantitative estimate of drug-likeness (QED) is 0.510. The van der Waals surface area contributed by atoms with Gasteiger partial charge in [-0.25, -0.2) is 0 Å². The summed E-state index contributed by atoms with van der Waals surface area (Å²) in [5, 5.41) is 0. The van der Waals surface area contributed by atoms with E-state index in [1.807, 2.05) is 11.8 Å². The van der Waals surface area contributed by atoms with Crippen LogP contribution in [0, 0.1) is 12.3 Å². The Kier molecular flexibility index (Phi) is 5.39. The maximum absolute atomic E-state index is 2.53. The third-order valence-corrected chi connectivity index (χ3v) is 7.58. The van der Waals surface area contributed by atoms with Gasteiger partial charge in [0, 0.05) is 4.90 Å². The van der Waals surface area contributed by atoms with E-state index in [2.05, 4.69) is 75.4 Å². The van der Waals surface area contributed by atoms with Crippen LogP contribution in [0.15, 0.2) is 59.5 Å². The number of benzene rings is 2. The molecule has 1 atom stereocenters. The zero-order valence-electron chi connectivity index (χ0n) is 15.3. The fraction of sp³-hybridized carbons (Fsp3) is 0.478. The summed E-state index contributed by atoms with van der Waals surface area (Å²) in [5.74, 6) is 1.19. The zero-order valence-corrected chi connectivity index (χ0v) is 16.2. The lowest BCUT2D eigenvalue weighted by atomic mass is 9.59. The maximum Gasteiger partial charge on any atom is 0.0101 e. The SMILES string of the molecule is Cc1ccccc1SCC[C@](C)(c1ccccc1)C1(C)CCCC1. The molecule has 2 aromatic rings. The minimum absolute atomic E-state index is 0.264. The molecule has 0 N–H and O–H groups in total. The number of hydrogen-bond acceptors (Lipinski definition) is 1. The highest BCUT2D eigenvalue weighted by Crippen LogP contribution is 2.54. The molecule has 3 rings (SSSR count). The first-order valence-corrected chi connectivity index (χ1v) is 10.3. The van der Waals surface area contributed by atoms with Gasteiger partial charge in [0.1, 0.15) is 0 Å². The highest BCUT2D eigenvalue weighted by molar-refractivity contribution is 7.99. The van der Waals surface area contributed by atoms with Crippen LogP contribution in [0.5, 0.6) is 0 Å². The van der Waals surface area contributed by atoms with Gasteiger partial charge in [0.05, 0.1) is 0 Å². The van der Waals surface area contributed by atoms with Crippen LogP contribution < -0.4 is 0 Å². The number of aryl methyl sites for hydroxylation is 1. The molecule has 0 bridgehead atoms. The highest BCUT2D eigenvalue weighted by atomic mass is 32.2. The fourth-order valence-corrected chi connectivity index (χ4v) is 5.59. The summed E-state index contributed by atoms with van der Waals surface area (Å²) in [6.45, 7) is 7.27. The van der Waals surface area contributed by atoms with Gasteiger partial charge in [-0.3, -0.25) is 0 Å². The zero-order chi connectivity index (χ0) is 17.0. The van der Waals surface area contributed by atoms with Crippen LogP contribution in [-0.4, -0.2) is 5.75 Å². The molecule has 24 heavy (non-hydrogen) atoms. The molecule has 0 aromatic heterocycles. The lowest BCUT2D eigenvalue weighted by Crippen LogP contribution is -2.40. The van der Waals surface area contributed by atoms with E-state index in [9.17, 15) is 0 Å². The molecule has 0 amide bonds. The molecular formula is C23H30S. The van der Waals surface area contributed by atoms with Crippen molar-refractivity contribution >= 4 is 11.8 Å². The van der Waals surface area contributed by atoms with Crippen molar-refractivity contribution in [1.29, 1.82) is 0 Å². The summed E-state index contributed by atoms with van der Waals surface area (Å²) >= 11 is 2.03. The Labute approximate surface area is 152 Å². The van der Waals surface area contributed by atoms with E-state index in [4.69, 9.17) is 0 Å². The second-order valence-corrected chi connectivity index (χ2v) is 8.97. The second-order valence-electron chi connectivity index (χ2n) is 7.83. The summed E-state index contributed by atoms with van der Waals surface area (Å²) in [4.78, 5) is 1.43. The largest absolute Gasteiger partial charge is 0.126 e. The van der Waals surface area contributed by atoms with Gasteiger partial charge in [0.2, 0.25) is 0 Å².